The van der Waals surface area contributed by atoms with Gasteiger partial charge in [-0.2, -0.15) is 0 Å². The van der Waals surface area contributed by atoms with E-state index in [4.69, 9.17) is 4.74 Å². The Labute approximate surface area is 180 Å². The molecule has 0 aliphatic carbocycles. The molecule has 3 rings (SSSR count). The van der Waals surface area contributed by atoms with Crippen molar-refractivity contribution in [2.75, 3.05) is 26.2 Å². The van der Waals surface area contributed by atoms with Crippen LogP contribution in [0.5, 0.6) is 0 Å². The van der Waals surface area contributed by atoms with Crippen LogP contribution in [-0.2, 0) is 22.5 Å². The van der Waals surface area contributed by atoms with Crippen LogP contribution < -0.4 is 5.32 Å². The first-order valence-electron chi connectivity index (χ1n) is 11.4. The number of hydrogen-bond acceptors (Lipinski definition) is 4. The summed E-state index contributed by atoms with van der Waals surface area (Å²) in [6, 6.07) is 7.86. The Kier molecular flexibility index (Phi) is 7.75. The largest absolute Gasteiger partial charge is 0.444 e. The molecule has 0 bridgehead atoms. The molecule has 1 N–H and O–H groups in total. The summed E-state index contributed by atoms with van der Waals surface area (Å²) in [5.74, 6) is -0.0178. The number of carbonyl (C=O) groups is 2. The van der Waals surface area contributed by atoms with Gasteiger partial charge in [-0.25, -0.2) is 4.79 Å². The van der Waals surface area contributed by atoms with Gasteiger partial charge >= 0.3 is 6.09 Å². The summed E-state index contributed by atoms with van der Waals surface area (Å²) >= 11 is 0. The lowest BCUT2D eigenvalue weighted by Gasteiger charge is -2.27. The SMILES string of the molecule is CC(C)(C)OC(=O)NC(Cc1ccc(CN2CCCCC2)cc1)C(=O)N1CCCC1. The molecular weight excluding hydrogens is 378 g/mol. The van der Waals surface area contributed by atoms with E-state index in [1.54, 1.807) is 0 Å². The van der Waals surface area contributed by atoms with Crippen molar-refractivity contribution in [1.82, 2.24) is 15.1 Å². The number of ether oxygens (including phenoxy) is 1. The summed E-state index contributed by atoms with van der Waals surface area (Å²) in [4.78, 5) is 29.7. The van der Waals surface area contributed by atoms with Crippen LogP contribution in [0.3, 0.4) is 0 Å². The number of hydrogen-bond donors (Lipinski definition) is 1. The number of nitrogens with one attached hydrogen (secondary N) is 1. The van der Waals surface area contributed by atoms with Gasteiger partial charge in [0, 0.05) is 26.1 Å². The Morgan fingerprint density at radius 1 is 0.933 bits per heavy atom. The van der Waals surface area contributed by atoms with E-state index >= 15 is 0 Å². The molecule has 2 heterocycles. The van der Waals surface area contributed by atoms with Crippen LogP contribution in [0.4, 0.5) is 4.79 Å². The highest BCUT2D eigenvalue weighted by Crippen LogP contribution is 2.16. The third-order valence-electron chi connectivity index (χ3n) is 5.72. The van der Waals surface area contributed by atoms with E-state index in [-0.39, 0.29) is 5.91 Å². The number of carbonyl (C=O) groups excluding carboxylic acids is 2. The third-order valence-corrected chi connectivity index (χ3v) is 5.72. The molecule has 0 spiro atoms. The molecule has 30 heavy (non-hydrogen) atoms. The van der Waals surface area contributed by atoms with Crippen molar-refractivity contribution >= 4 is 12.0 Å². The normalized spacial score (nSPS) is 18.8. The van der Waals surface area contributed by atoms with Gasteiger partial charge in [-0.3, -0.25) is 9.69 Å². The first-order chi connectivity index (χ1) is 14.3. The van der Waals surface area contributed by atoms with Crippen LogP contribution >= 0.6 is 0 Å². The zero-order chi connectivity index (χ0) is 21.6. The first kappa shape index (κ1) is 22.6. The molecule has 1 aromatic carbocycles. The van der Waals surface area contributed by atoms with E-state index in [0.29, 0.717) is 6.42 Å². The van der Waals surface area contributed by atoms with Crippen LogP contribution in [0.2, 0.25) is 0 Å². The number of likely N-dealkylation sites (tertiary alicyclic amines) is 2. The van der Waals surface area contributed by atoms with Gasteiger partial charge in [0.05, 0.1) is 0 Å². The van der Waals surface area contributed by atoms with Crippen LogP contribution in [0.15, 0.2) is 24.3 Å². The predicted molar refractivity (Wildman–Crippen MR) is 118 cm³/mol. The molecule has 6 heteroatoms. The van der Waals surface area contributed by atoms with E-state index in [1.165, 1.54) is 37.9 Å². The van der Waals surface area contributed by atoms with Crippen LogP contribution in [0.1, 0.15) is 64.0 Å². The second-order valence-electron chi connectivity index (χ2n) is 9.59. The van der Waals surface area contributed by atoms with Crippen LogP contribution in [0, 0.1) is 0 Å². The predicted octanol–water partition coefficient (Wildman–Crippen LogP) is 3.73. The standard InChI is InChI=1S/C24H37N3O3/c1-24(2,3)30-23(29)25-21(22(28)27-15-7-8-16-27)17-19-9-11-20(12-10-19)18-26-13-5-4-6-14-26/h9-12,21H,4-8,13-18H2,1-3H3,(H,25,29). The first-order valence-corrected chi connectivity index (χ1v) is 11.4. The number of alkyl carbamates (subject to hydrolysis) is 1. The summed E-state index contributed by atoms with van der Waals surface area (Å²) in [6.45, 7) is 10.3. The van der Waals surface area contributed by atoms with Gasteiger partial charge in [-0.05, 0) is 70.7 Å². The molecule has 2 aliphatic rings. The number of rotatable bonds is 6. The van der Waals surface area contributed by atoms with Crippen molar-refractivity contribution in [3.05, 3.63) is 35.4 Å². The summed E-state index contributed by atoms with van der Waals surface area (Å²) in [5, 5.41) is 2.82. The molecule has 1 atom stereocenters. The van der Waals surface area contributed by atoms with E-state index in [2.05, 4.69) is 34.5 Å². The average molecular weight is 416 g/mol. The fourth-order valence-electron chi connectivity index (χ4n) is 4.20. The van der Waals surface area contributed by atoms with Gasteiger partial charge in [-0.1, -0.05) is 30.7 Å². The molecule has 1 aromatic rings. The summed E-state index contributed by atoms with van der Waals surface area (Å²) in [7, 11) is 0. The molecule has 166 valence electrons. The molecule has 1 unspecified atom stereocenters. The Bertz CT molecular complexity index is 699. The Morgan fingerprint density at radius 3 is 2.10 bits per heavy atom. The molecular formula is C24H37N3O3. The smallest absolute Gasteiger partial charge is 0.408 e. The quantitative estimate of drug-likeness (QED) is 0.769. The second-order valence-corrected chi connectivity index (χ2v) is 9.59. The highest BCUT2D eigenvalue weighted by Gasteiger charge is 2.29. The van der Waals surface area contributed by atoms with Crippen molar-refractivity contribution in [3.8, 4) is 0 Å². The molecule has 2 saturated heterocycles. The lowest BCUT2D eigenvalue weighted by atomic mass is 10.0. The number of nitrogens with zero attached hydrogens (tertiary/aromatic N) is 2. The minimum atomic E-state index is -0.606. The fraction of sp³-hybridized carbons (Fsp3) is 0.667. The van der Waals surface area contributed by atoms with E-state index in [0.717, 1.165) is 38.0 Å². The maximum atomic E-state index is 13.0. The second kappa shape index (κ2) is 10.3. The van der Waals surface area contributed by atoms with Gasteiger partial charge in [0.25, 0.3) is 0 Å². The van der Waals surface area contributed by atoms with Crippen molar-refractivity contribution < 1.29 is 14.3 Å². The van der Waals surface area contributed by atoms with E-state index in [1.807, 2.05) is 25.7 Å². The number of benzene rings is 1. The van der Waals surface area contributed by atoms with Crippen molar-refractivity contribution in [1.29, 1.82) is 0 Å². The molecule has 2 amide bonds. The van der Waals surface area contributed by atoms with Crippen LogP contribution in [0.25, 0.3) is 0 Å². The summed E-state index contributed by atoms with van der Waals surface area (Å²) < 4.78 is 5.40. The Hall–Kier alpha value is -2.08. The molecule has 0 aromatic heterocycles. The lowest BCUT2D eigenvalue weighted by molar-refractivity contribution is -0.132. The third kappa shape index (κ3) is 7.01. The van der Waals surface area contributed by atoms with E-state index < -0.39 is 17.7 Å². The highest BCUT2D eigenvalue weighted by atomic mass is 16.6. The van der Waals surface area contributed by atoms with Crippen LogP contribution in [-0.4, -0.2) is 59.6 Å². The maximum Gasteiger partial charge on any atom is 0.408 e. The minimum Gasteiger partial charge on any atom is -0.444 e. The van der Waals surface area contributed by atoms with Crippen molar-refractivity contribution in [2.45, 2.75) is 77.5 Å². The van der Waals surface area contributed by atoms with Gasteiger partial charge in [0.1, 0.15) is 11.6 Å². The lowest BCUT2D eigenvalue weighted by Crippen LogP contribution is -2.50. The highest BCUT2D eigenvalue weighted by molar-refractivity contribution is 5.86. The van der Waals surface area contributed by atoms with Crippen molar-refractivity contribution in [3.63, 3.8) is 0 Å². The topological polar surface area (TPSA) is 61.9 Å². The summed E-state index contributed by atoms with van der Waals surface area (Å²) in [6.07, 6.45) is 5.89. The molecule has 0 radical (unpaired) electrons. The maximum absolute atomic E-state index is 13.0. The van der Waals surface area contributed by atoms with Gasteiger partial charge in [0.15, 0.2) is 0 Å². The Balaban J connectivity index is 1.63. The Morgan fingerprint density at radius 2 is 1.50 bits per heavy atom. The van der Waals surface area contributed by atoms with Crippen molar-refractivity contribution in [2.24, 2.45) is 0 Å². The van der Waals surface area contributed by atoms with Gasteiger partial charge in [-0.15, -0.1) is 0 Å². The number of amides is 2. The van der Waals surface area contributed by atoms with Gasteiger partial charge in [0.2, 0.25) is 5.91 Å². The van der Waals surface area contributed by atoms with E-state index in [9.17, 15) is 9.59 Å². The fourth-order valence-corrected chi connectivity index (χ4v) is 4.20. The minimum absolute atomic E-state index is 0.0178. The molecule has 0 saturated carbocycles. The molecule has 2 aliphatic heterocycles. The molecule has 6 nitrogen and oxygen atoms in total. The molecule has 2 fully saturated rings. The summed E-state index contributed by atoms with van der Waals surface area (Å²) in [5.41, 5.74) is 1.75. The monoisotopic (exact) mass is 415 g/mol. The number of piperidine rings is 1. The zero-order valence-corrected chi connectivity index (χ0v) is 18.8. The zero-order valence-electron chi connectivity index (χ0n) is 18.8. The van der Waals surface area contributed by atoms with Gasteiger partial charge < -0.3 is 15.0 Å². The average Bonchev–Trinajstić information content (AvgIpc) is 3.22.